The number of likely N-dealkylation sites (tertiary alicyclic amines) is 1. The van der Waals surface area contributed by atoms with Gasteiger partial charge in [-0.15, -0.1) is 0 Å². The molecule has 1 atom stereocenters. The van der Waals surface area contributed by atoms with Crippen LogP contribution in [0.3, 0.4) is 0 Å². The maximum Gasteiger partial charge on any atom is 0.295 e. The van der Waals surface area contributed by atoms with Gasteiger partial charge in [-0.05, 0) is 68.4 Å². The number of Topliss-reactive ketones (excluding diaryl/α,β-unsaturated/α-hetero) is 1. The number of carbonyl (C=O) groups is 2. The Balaban J connectivity index is 1.73. The van der Waals surface area contributed by atoms with E-state index in [1.165, 1.54) is 0 Å². The Morgan fingerprint density at radius 2 is 1.67 bits per heavy atom. The normalized spacial score (nSPS) is 16.2. The SMILES string of the molecule is CCOc1cccc(C(O)=C2C(=O)C(=O)N(CCCN(CC)CC)C2c2ccc(OCc3ccccc3)c(OC)c2)c1. The Morgan fingerprint density at radius 1 is 0.905 bits per heavy atom. The van der Waals surface area contributed by atoms with Crippen LogP contribution in [0.1, 0.15) is 49.9 Å². The number of aliphatic hydroxyl groups excluding tert-OH is 1. The van der Waals surface area contributed by atoms with E-state index in [4.69, 9.17) is 14.2 Å². The Hall–Kier alpha value is -4.30. The molecule has 42 heavy (non-hydrogen) atoms. The molecule has 1 fully saturated rings. The van der Waals surface area contributed by atoms with E-state index in [1.807, 2.05) is 43.3 Å². The molecule has 222 valence electrons. The Bertz CT molecular complexity index is 1400. The predicted molar refractivity (Wildman–Crippen MR) is 163 cm³/mol. The minimum absolute atomic E-state index is 0.0384. The first kappa shape index (κ1) is 30.7. The largest absolute Gasteiger partial charge is 0.507 e. The van der Waals surface area contributed by atoms with Crippen LogP contribution in [0, 0.1) is 0 Å². The van der Waals surface area contributed by atoms with Gasteiger partial charge in [0.15, 0.2) is 11.5 Å². The topological polar surface area (TPSA) is 88.5 Å². The van der Waals surface area contributed by atoms with Gasteiger partial charge in [-0.2, -0.15) is 0 Å². The average Bonchev–Trinajstić information content (AvgIpc) is 3.27. The highest BCUT2D eigenvalue weighted by Crippen LogP contribution is 2.42. The maximum absolute atomic E-state index is 13.5. The number of methoxy groups -OCH3 is 1. The molecule has 3 aromatic rings. The lowest BCUT2D eigenvalue weighted by Crippen LogP contribution is -2.33. The van der Waals surface area contributed by atoms with Crippen molar-refractivity contribution in [1.29, 1.82) is 0 Å². The molecule has 1 aliphatic rings. The van der Waals surface area contributed by atoms with E-state index >= 15 is 0 Å². The average molecular weight is 573 g/mol. The molecule has 8 heteroatoms. The highest BCUT2D eigenvalue weighted by atomic mass is 16.5. The van der Waals surface area contributed by atoms with Crippen molar-refractivity contribution in [2.24, 2.45) is 0 Å². The van der Waals surface area contributed by atoms with E-state index in [-0.39, 0.29) is 11.3 Å². The number of aliphatic hydroxyl groups is 1. The van der Waals surface area contributed by atoms with Gasteiger partial charge >= 0.3 is 0 Å². The zero-order valence-electron chi connectivity index (χ0n) is 24.8. The van der Waals surface area contributed by atoms with Crippen LogP contribution >= 0.6 is 0 Å². The van der Waals surface area contributed by atoms with Crippen LogP contribution in [-0.4, -0.2) is 66.5 Å². The number of nitrogens with zero attached hydrogens (tertiary/aromatic N) is 2. The molecule has 1 heterocycles. The van der Waals surface area contributed by atoms with E-state index in [0.717, 1.165) is 25.2 Å². The third kappa shape index (κ3) is 6.94. The first-order chi connectivity index (χ1) is 20.4. The minimum atomic E-state index is -0.797. The van der Waals surface area contributed by atoms with E-state index in [2.05, 4.69) is 18.7 Å². The van der Waals surface area contributed by atoms with Crippen molar-refractivity contribution in [3.8, 4) is 17.2 Å². The summed E-state index contributed by atoms with van der Waals surface area (Å²) in [6.45, 7) is 9.82. The van der Waals surface area contributed by atoms with Crippen molar-refractivity contribution < 1.29 is 28.9 Å². The molecular formula is C34H40N2O6. The van der Waals surface area contributed by atoms with Crippen LogP contribution in [-0.2, 0) is 16.2 Å². The number of amides is 1. The molecule has 0 aromatic heterocycles. The van der Waals surface area contributed by atoms with Gasteiger partial charge < -0.3 is 29.1 Å². The third-order valence-corrected chi connectivity index (χ3v) is 7.47. The van der Waals surface area contributed by atoms with Crippen molar-refractivity contribution in [2.45, 2.75) is 39.8 Å². The number of rotatable bonds is 14. The third-order valence-electron chi connectivity index (χ3n) is 7.47. The van der Waals surface area contributed by atoms with Gasteiger partial charge in [-0.3, -0.25) is 9.59 Å². The number of hydrogen-bond donors (Lipinski definition) is 1. The number of benzene rings is 3. The molecule has 1 aliphatic heterocycles. The second-order valence-corrected chi connectivity index (χ2v) is 10.0. The highest BCUT2D eigenvalue weighted by Gasteiger charge is 2.46. The minimum Gasteiger partial charge on any atom is -0.507 e. The lowest BCUT2D eigenvalue weighted by molar-refractivity contribution is -0.140. The van der Waals surface area contributed by atoms with E-state index < -0.39 is 17.7 Å². The lowest BCUT2D eigenvalue weighted by atomic mass is 9.95. The zero-order chi connectivity index (χ0) is 30.1. The molecule has 0 saturated carbocycles. The van der Waals surface area contributed by atoms with Crippen LogP contribution in [0.2, 0.25) is 0 Å². The van der Waals surface area contributed by atoms with Crippen molar-refractivity contribution in [1.82, 2.24) is 9.80 Å². The van der Waals surface area contributed by atoms with Gasteiger partial charge in [-0.1, -0.05) is 62.4 Å². The van der Waals surface area contributed by atoms with Gasteiger partial charge in [0.25, 0.3) is 11.7 Å². The number of ether oxygens (including phenoxy) is 3. The van der Waals surface area contributed by atoms with Crippen LogP contribution in [0.4, 0.5) is 0 Å². The second kappa shape index (κ2) is 14.5. The quantitative estimate of drug-likeness (QED) is 0.148. The Morgan fingerprint density at radius 3 is 2.36 bits per heavy atom. The molecule has 1 amide bonds. The highest BCUT2D eigenvalue weighted by molar-refractivity contribution is 6.46. The zero-order valence-corrected chi connectivity index (χ0v) is 24.8. The molecule has 0 bridgehead atoms. The van der Waals surface area contributed by atoms with Crippen molar-refractivity contribution in [3.63, 3.8) is 0 Å². The molecule has 0 radical (unpaired) electrons. The van der Waals surface area contributed by atoms with Crippen molar-refractivity contribution in [3.05, 3.63) is 95.1 Å². The van der Waals surface area contributed by atoms with Gasteiger partial charge in [-0.25, -0.2) is 0 Å². The van der Waals surface area contributed by atoms with E-state index in [9.17, 15) is 14.7 Å². The van der Waals surface area contributed by atoms with Crippen molar-refractivity contribution >= 4 is 17.4 Å². The Kier molecular flexibility index (Phi) is 10.6. The summed E-state index contributed by atoms with van der Waals surface area (Å²) in [5, 5.41) is 11.5. The standard InChI is InChI=1S/C34H40N2O6/c1-5-35(6-2)19-12-20-36-31(25-17-18-28(29(22-25)40-4)42-23-24-13-9-8-10-14-24)30(33(38)34(36)39)32(37)26-15-11-16-27(21-26)41-7-3/h8-11,13-18,21-22,31,37H,5-7,12,19-20,23H2,1-4H3. The predicted octanol–water partition coefficient (Wildman–Crippen LogP) is 5.83. The molecule has 8 nitrogen and oxygen atoms in total. The molecular weight excluding hydrogens is 532 g/mol. The monoisotopic (exact) mass is 572 g/mol. The molecule has 1 unspecified atom stereocenters. The summed E-state index contributed by atoms with van der Waals surface area (Å²) in [5.41, 5.74) is 2.10. The number of carbonyl (C=O) groups excluding carboxylic acids is 2. The summed E-state index contributed by atoms with van der Waals surface area (Å²) in [5.74, 6) is -0.0258. The second-order valence-electron chi connectivity index (χ2n) is 10.0. The molecule has 1 saturated heterocycles. The number of hydrogen-bond acceptors (Lipinski definition) is 7. The fourth-order valence-corrected chi connectivity index (χ4v) is 5.23. The first-order valence-corrected chi connectivity index (χ1v) is 14.5. The van der Waals surface area contributed by atoms with E-state index in [0.29, 0.717) is 54.6 Å². The Labute approximate surface area is 248 Å². The van der Waals surface area contributed by atoms with E-state index in [1.54, 1.807) is 48.4 Å². The fourth-order valence-electron chi connectivity index (χ4n) is 5.23. The molecule has 4 rings (SSSR count). The van der Waals surface area contributed by atoms with Crippen LogP contribution in [0.25, 0.3) is 5.76 Å². The summed E-state index contributed by atoms with van der Waals surface area (Å²) >= 11 is 0. The van der Waals surface area contributed by atoms with Gasteiger partial charge in [0.1, 0.15) is 18.1 Å². The molecule has 1 N–H and O–H groups in total. The van der Waals surface area contributed by atoms with Crippen molar-refractivity contribution in [2.75, 3.05) is 39.9 Å². The summed E-state index contributed by atoms with van der Waals surface area (Å²) in [6, 6.07) is 21.3. The summed E-state index contributed by atoms with van der Waals surface area (Å²) < 4.78 is 17.3. The smallest absolute Gasteiger partial charge is 0.295 e. The summed E-state index contributed by atoms with van der Waals surface area (Å²) in [6.07, 6.45) is 0.681. The molecule has 0 spiro atoms. The lowest BCUT2D eigenvalue weighted by Gasteiger charge is -2.27. The summed E-state index contributed by atoms with van der Waals surface area (Å²) in [7, 11) is 1.55. The molecule has 0 aliphatic carbocycles. The number of ketones is 1. The van der Waals surface area contributed by atoms with Crippen LogP contribution in [0.15, 0.2) is 78.4 Å². The van der Waals surface area contributed by atoms with Crippen LogP contribution in [0.5, 0.6) is 17.2 Å². The van der Waals surface area contributed by atoms with Crippen LogP contribution < -0.4 is 14.2 Å². The summed E-state index contributed by atoms with van der Waals surface area (Å²) in [4.78, 5) is 30.8. The van der Waals surface area contributed by atoms with Gasteiger partial charge in [0.05, 0.1) is 25.3 Å². The maximum atomic E-state index is 13.5. The first-order valence-electron chi connectivity index (χ1n) is 14.5. The van der Waals surface area contributed by atoms with Gasteiger partial charge in [0.2, 0.25) is 0 Å². The fraction of sp³-hybridized carbons (Fsp3) is 0.353. The van der Waals surface area contributed by atoms with Gasteiger partial charge in [0, 0.05) is 12.1 Å². The molecule has 3 aromatic carbocycles.